The van der Waals surface area contributed by atoms with Crippen molar-refractivity contribution in [2.24, 2.45) is 0 Å². The maximum atomic E-state index is 12.5. The number of hydrogen-bond acceptors (Lipinski definition) is 3. The van der Waals surface area contributed by atoms with Crippen molar-refractivity contribution >= 4 is 23.4 Å². The second-order valence-corrected chi connectivity index (χ2v) is 6.63. The van der Waals surface area contributed by atoms with Crippen LogP contribution in [0, 0.1) is 0 Å². The Morgan fingerprint density at radius 2 is 1.52 bits per heavy atom. The predicted octanol–water partition coefficient (Wildman–Crippen LogP) is 5.84. The van der Waals surface area contributed by atoms with Gasteiger partial charge < -0.3 is 10.1 Å². The second kappa shape index (κ2) is 8.40. The Morgan fingerprint density at radius 1 is 0.880 bits per heavy atom. The lowest BCUT2D eigenvalue weighted by molar-refractivity contribution is 0.102. The lowest BCUT2D eigenvalue weighted by Gasteiger charge is -2.10. The van der Waals surface area contributed by atoms with Crippen molar-refractivity contribution in [3.8, 4) is 11.5 Å². The molecule has 0 fully saturated rings. The first-order valence-corrected chi connectivity index (χ1v) is 9.11. The minimum atomic E-state index is -0.103. The van der Waals surface area contributed by atoms with Gasteiger partial charge in [-0.25, -0.2) is 0 Å². The lowest BCUT2D eigenvalue weighted by Crippen LogP contribution is -2.12. The van der Waals surface area contributed by atoms with Crippen LogP contribution in [0.1, 0.15) is 17.3 Å². The summed E-state index contributed by atoms with van der Waals surface area (Å²) in [6, 6.07) is 24.6. The standard InChI is InChI=1S/C21H19NO2S/c1-2-25-20-11-7-6-10-19(20)21(23)22-16-12-14-18(15-13-16)24-17-8-4-3-5-9-17/h3-15H,2H2,1H3,(H,22,23). The van der Waals surface area contributed by atoms with Crippen molar-refractivity contribution in [2.75, 3.05) is 11.1 Å². The number of rotatable bonds is 6. The number of carbonyl (C=O) groups is 1. The molecule has 0 bridgehead atoms. The Morgan fingerprint density at radius 3 is 2.24 bits per heavy atom. The van der Waals surface area contributed by atoms with E-state index in [1.54, 1.807) is 11.8 Å². The molecule has 3 rings (SSSR count). The molecule has 4 heteroatoms. The molecule has 0 atom stereocenters. The highest BCUT2D eigenvalue weighted by Crippen LogP contribution is 2.25. The van der Waals surface area contributed by atoms with E-state index in [9.17, 15) is 4.79 Å². The molecule has 0 spiro atoms. The maximum Gasteiger partial charge on any atom is 0.256 e. The first-order valence-electron chi connectivity index (χ1n) is 8.12. The Balaban J connectivity index is 1.68. The summed E-state index contributed by atoms with van der Waals surface area (Å²) < 4.78 is 5.76. The van der Waals surface area contributed by atoms with Crippen LogP contribution >= 0.6 is 11.8 Å². The first-order chi connectivity index (χ1) is 12.3. The van der Waals surface area contributed by atoms with Gasteiger partial charge in [-0.1, -0.05) is 37.3 Å². The van der Waals surface area contributed by atoms with Crippen molar-refractivity contribution in [1.29, 1.82) is 0 Å². The number of carbonyl (C=O) groups excluding carboxylic acids is 1. The maximum absolute atomic E-state index is 12.5. The van der Waals surface area contributed by atoms with Crippen LogP contribution in [-0.4, -0.2) is 11.7 Å². The van der Waals surface area contributed by atoms with Crippen LogP contribution in [0.4, 0.5) is 5.69 Å². The molecule has 0 aliphatic heterocycles. The van der Waals surface area contributed by atoms with E-state index in [4.69, 9.17) is 4.74 Å². The number of thioether (sulfide) groups is 1. The summed E-state index contributed by atoms with van der Waals surface area (Å²) in [5.74, 6) is 2.33. The van der Waals surface area contributed by atoms with E-state index in [0.717, 1.165) is 27.8 Å². The molecule has 0 radical (unpaired) electrons. The molecule has 1 amide bonds. The van der Waals surface area contributed by atoms with Crippen molar-refractivity contribution < 1.29 is 9.53 Å². The Bertz CT molecular complexity index is 832. The highest BCUT2D eigenvalue weighted by molar-refractivity contribution is 7.99. The second-order valence-electron chi connectivity index (χ2n) is 5.32. The van der Waals surface area contributed by atoms with Crippen LogP contribution in [-0.2, 0) is 0 Å². The third-order valence-corrected chi connectivity index (χ3v) is 4.48. The summed E-state index contributed by atoms with van der Waals surface area (Å²) in [7, 11) is 0. The summed E-state index contributed by atoms with van der Waals surface area (Å²) in [5.41, 5.74) is 1.43. The van der Waals surface area contributed by atoms with Gasteiger partial charge in [-0.05, 0) is 54.3 Å². The van der Waals surface area contributed by atoms with Gasteiger partial charge in [0.15, 0.2) is 0 Å². The number of amides is 1. The summed E-state index contributed by atoms with van der Waals surface area (Å²) in [5, 5.41) is 2.94. The van der Waals surface area contributed by atoms with Crippen molar-refractivity contribution in [2.45, 2.75) is 11.8 Å². The number of hydrogen-bond donors (Lipinski definition) is 1. The third kappa shape index (κ3) is 4.64. The van der Waals surface area contributed by atoms with Crippen molar-refractivity contribution in [3.63, 3.8) is 0 Å². The summed E-state index contributed by atoms with van der Waals surface area (Å²) in [4.78, 5) is 13.5. The van der Waals surface area contributed by atoms with E-state index in [0.29, 0.717) is 5.56 Å². The van der Waals surface area contributed by atoms with Gasteiger partial charge in [0.25, 0.3) is 5.91 Å². The first kappa shape index (κ1) is 17.1. The molecular weight excluding hydrogens is 330 g/mol. The summed E-state index contributed by atoms with van der Waals surface area (Å²) >= 11 is 1.66. The number of para-hydroxylation sites is 1. The molecule has 126 valence electrons. The Labute approximate surface area is 152 Å². The molecule has 0 heterocycles. The number of nitrogens with one attached hydrogen (secondary N) is 1. The topological polar surface area (TPSA) is 38.3 Å². The van der Waals surface area contributed by atoms with Crippen molar-refractivity contribution in [3.05, 3.63) is 84.4 Å². The largest absolute Gasteiger partial charge is 0.457 e. The van der Waals surface area contributed by atoms with Crippen LogP contribution in [0.2, 0.25) is 0 Å². The van der Waals surface area contributed by atoms with Crippen LogP contribution in [0.3, 0.4) is 0 Å². The number of ether oxygens (including phenoxy) is 1. The van der Waals surface area contributed by atoms with Crippen LogP contribution in [0.15, 0.2) is 83.8 Å². The number of benzene rings is 3. The molecule has 0 saturated carbocycles. The average Bonchev–Trinajstić information content (AvgIpc) is 2.65. The minimum Gasteiger partial charge on any atom is -0.457 e. The van der Waals surface area contributed by atoms with Crippen LogP contribution in [0.5, 0.6) is 11.5 Å². The molecule has 0 aliphatic rings. The smallest absolute Gasteiger partial charge is 0.256 e. The van der Waals surface area contributed by atoms with Gasteiger partial charge in [-0.3, -0.25) is 4.79 Å². The predicted molar refractivity (Wildman–Crippen MR) is 104 cm³/mol. The van der Waals surface area contributed by atoms with Gasteiger partial charge in [-0.15, -0.1) is 11.8 Å². The summed E-state index contributed by atoms with van der Waals surface area (Å²) in [6.45, 7) is 2.07. The quantitative estimate of drug-likeness (QED) is 0.568. The van der Waals surface area contributed by atoms with Crippen LogP contribution in [0.25, 0.3) is 0 Å². The molecule has 0 aliphatic carbocycles. The zero-order valence-corrected chi connectivity index (χ0v) is 14.8. The van der Waals surface area contributed by atoms with Gasteiger partial charge in [-0.2, -0.15) is 0 Å². The Hall–Kier alpha value is -2.72. The van der Waals surface area contributed by atoms with E-state index in [2.05, 4.69) is 12.2 Å². The van der Waals surface area contributed by atoms with E-state index < -0.39 is 0 Å². The average molecular weight is 349 g/mol. The highest BCUT2D eigenvalue weighted by Gasteiger charge is 2.11. The molecular formula is C21H19NO2S. The van der Waals surface area contributed by atoms with Crippen molar-refractivity contribution in [1.82, 2.24) is 0 Å². The zero-order valence-electron chi connectivity index (χ0n) is 13.9. The van der Waals surface area contributed by atoms with Gasteiger partial charge in [0.05, 0.1) is 5.56 Å². The van der Waals surface area contributed by atoms with Gasteiger partial charge in [0, 0.05) is 10.6 Å². The normalized spacial score (nSPS) is 10.3. The fourth-order valence-electron chi connectivity index (χ4n) is 2.36. The van der Waals surface area contributed by atoms with Crippen LogP contribution < -0.4 is 10.1 Å². The summed E-state index contributed by atoms with van der Waals surface area (Å²) in [6.07, 6.45) is 0. The fourth-order valence-corrected chi connectivity index (χ4v) is 3.17. The third-order valence-electron chi connectivity index (χ3n) is 3.52. The van der Waals surface area contributed by atoms with Gasteiger partial charge >= 0.3 is 0 Å². The molecule has 0 saturated heterocycles. The molecule has 3 aromatic rings. The van der Waals surface area contributed by atoms with E-state index in [1.165, 1.54) is 0 Å². The van der Waals surface area contributed by atoms with E-state index >= 15 is 0 Å². The molecule has 0 aromatic heterocycles. The molecule has 1 N–H and O–H groups in total. The Kier molecular flexibility index (Phi) is 5.75. The van der Waals surface area contributed by atoms with E-state index in [1.807, 2.05) is 78.9 Å². The van der Waals surface area contributed by atoms with Gasteiger partial charge in [0.1, 0.15) is 11.5 Å². The fraction of sp³-hybridized carbons (Fsp3) is 0.0952. The van der Waals surface area contributed by atoms with Gasteiger partial charge in [0.2, 0.25) is 0 Å². The molecule has 3 nitrogen and oxygen atoms in total. The minimum absolute atomic E-state index is 0.103. The molecule has 3 aromatic carbocycles. The molecule has 0 unspecified atom stereocenters. The SMILES string of the molecule is CCSc1ccccc1C(=O)Nc1ccc(Oc2ccccc2)cc1. The van der Waals surface area contributed by atoms with E-state index in [-0.39, 0.29) is 5.91 Å². The highest BCUT2D eigenvalue weighted by atomic mass is 32.2. The lowest BCUT2D eigenvalue weighted by atomic mass is 10.2. The monoisotopic (exact) mass is 349 g/mol. The number of anilines is 1. The molecule has 25 heavy (non-hydrogen) atoms. The zero-order chi connectivity index (χ0) is 17.5.